The van der Waals surface area contributed by atoms with E-state index in [0.29, 0.717) is 6.67 Å². The van der Waals surface area contributed by atoms with Gasteiger partial charge in [-0.2, -0.15) is 0 Å². The number of hydrogen-bond donors (Lipinski definition) is 0. The third-order valence-corrected chi connectivity index (χ3v) is 3.70. The molecule has 0 aliphatic carbocycles. The van der Waals surface area contributed by atoms with Crippen molar-refractivity contribution in [2.45, 2.75) is 6.92 Å². The normalized spacial score (nSPS) is 14.7. The van der Waals surface area contributed by atoms with Crippen LogP contribution in [-0.2, 0) is 0 Å². The third kappa shape index (κ3) is 2.19. The fourth-order valence-corrected chi connectivity index (χ4v) is 2.61. The van der Waals surface area contributed by atoms with Crippen LogP contribution < -0.4 is 4.90 Å². The zero-order chi connectivity index (χ0) is 12.4. The minimum atomic E-state index is 0.660. The molecule has 1 aliphatic heterocycles. The predicted octanol–water partition coefficient (Wildman–Crippen LogP) is 3.23. The fraction of sp³-hybridized carbons (Fsp3) is 0.143. The molecule has 0 N–H and O–H groups in total. The van der Waals surface area contributed by atoms with Crippen molar-refractivity contribution in [2.75, 3.05) is 11.6 Å². The standard InChI is InChI=1S/C14H13N3S/c1-11-15-9-14(18-11)13-7-8-17(10-16-13)12-5-3-2-4-6-12/h2-9H,10H2,1H3. The smallest absolute Gasteiger partial charge is 0.115 e. The van der Waals surface area contributed by atoms with Crippen LogP contribution in [0.4, 0.5) is 5.69 Å². The summed E-state index contributed by atoms with van der Waals surface area (Å²) in [6, 6.07) is 10.3. The van der Waals surface area contributed by atoms with E-state index < -0.39 is 0 Å². The summed E-state index contributed by atoms with van der Waals surface area (Å²) in [5.74, 6) is 0. The van der Waals surface area contributed by atoms with Gasteiger partial charge in [-0.1, -0.05) is 18.2 Å². The number of nitrogens with zero attached hydrogens (tertiary/aromatic N) is 3. The van der Waals surface area contributed by atoms with Gasteiger partial charge in [-0.15, -0.1) is 11.3 Å². The largest absolute Gasteiger partial charge is 0.328 e. The number of benzene rings is 1. The minimum Gasteiger partial charge on any atom is -0.328 e. The molecule has 2 heterocycles. The van der Waals surface area contributed by atoms with Crippen molar-refractivity contribution >= 4 is 22.7 Å². The first-order valence-corrected chi connectivity index (χ1v) is 6.62. The van der Waals surface area contributed by atoms with Gasteiger partial charge in [0, 0.05) is 18.1 Å². The van der Waals surface area contributed by atoms with Crippen LogP contribution in [0.3, 0.4) is 0 Å². The van der Waals surface area contributed by atoms with Crippen molar-refractivity contribution in [2.24, 2.45) is 4.99 Å². The second kappa shape index (κ2) is 4.74. The number of rotatable bonds is 2. The summed E-state index contributed by atoms with van der Waals surface area (Å²) in [5.41, 5.74) is 2.19. The number of hydrogen-bond acceptors (Lipinski definition) is 4. The second-order valence-corrected chi connectivity index (χ2v) is 5.28. The van der Waals surface area contributed by atoms with Gasteiger partial charge in [0.2, 0.25) is 0 Å². The van der Waals surface area contributed by atoms with Gasteiger partial charge in [-0.3, -0.25) is 4.99 Å². The predicted molar refractivity (Wildman–Crippen MR) is 76.3 cm³/mol. The van der Waals surface area contributed by atoms with Gasteiger partial charge in [-0.25, -0.2) is 4.98 Å². The van der Waals surface area contributed by atoms with Gasteiger partial charge in [0.25, 0.3) is 0 Å². The molecule has 0 fully saturated rings. The maximum absolute atomic E-state index is 4.60. The van der Waals surface area contributed by atoms with Crippen LogP contribution in [0, 0.1) is 6.92 Å². The molecule has 0 saturated heterocycles. The van der Waals surface area contributed by atoms with E-state index in [2.05, 4.69) is 33.2 Å². The zero-order valence-electron chi connectivity index (χ0n) is 10.1. The quantitative estimate of drug-likeness (QED) is 0.824. The summed E-state index contributed by atoms with van der Waals surface area (Å²) < 4.78 is 0. The molecule has 3 rings (SSSR count). The van der Waals surface area contributed by atoms with Crippen molar-refractivity contribution in [3.63, 3.8) is 0 Å². The van der Waals surface area contributed by atoms with Gasteiger partial charge < -0.3 is 4.90 Å². The highest BCUT2D eigenvalue weighted by molar-refractivity contribution is 7.13. The van der Waals surface area contributed by atoms with Crippen LogP contribution in [0.2, 0.25) is 0 Å². The molecule has 2 aromatic rings. The molecule has 0 spiro atoms. The Labute approximate surface area is 110 Å². The van der Waals surface area contributed by atoms with Crippen LogP contribution in [0.15, 0.2) is 53.8 Å². The molecule has 4 heteroatoms. The summed E-state index contributed by atoms with van der Waals surface area (Å²) >= 11 is 1.68. The second-order valence-electron chi connectivity index (χ2n) is 4.05. The Kier molecular flexibility index (Phi) is 2.94. The maximum Gasteiger partial charge on any atom is 0.115 e. The lowest BCUT2D eigenvalue weighted by Gasteiger charge is -2.21. The van der Waals surface area contributed by atoms with Crippen molar-refractivity contribution in [1.29, 1.82) is 0 Å². The Bertz CT molecular complexity index is 599. The minimum absolute atomic E-state index is 0.660. The van der Waals surface area contributed by atoms with Crippen LogP contribution >= 0.6 is 11.3 Å². The summed E-state index contributed by atoms with van der Waals surface area (Å²) in [4.78, 5) is 12.1. The highest BCUT2D eigenvalue weighted by Gasteiger charge is 2.10. The van der Waals surface area contributed by atoms with Gasteiger partial charge in [0.15, 0.2) is 0 Å². The van der Waals surface area contributed by atoms with Gasteiger partial charge in [0.05, 0.1) is 15.6 Å². The number of thiazole rings is 1. The van der Waals surface area contributed by atoms with E-state index in [1.807, 2.05) is 37.4 Å². The molecule has 1 aliphatic rings. The van der Waals surface area contributed by atoms with E-state index in [0.717, 1.165) is 21.3 Å². The Hall–Kier alpha value is -1.94. The number of aryl methyl sites for hydroxylation is 1. The van der Waals surface area contributed by atoms with E-state index >= 15 is 0 Å². The average molecular weight is 255 g/mol. The first-order valence-electron chi connectivity index (χ1n) is 5.80. The molecular weight excluding hydrogens is 242 g/mol. The monoisotopic (exact) mass is 255 g/mol. The highest BCUT2D eigenvalue weighted by Crippen LogP contribution is 2.19. The lowest BCUT2D eigenvalue weighted by atomic mass is 10.2. The number of allylic oxidation sites excluding steroid dienone is 1. The summed E-state index contributed by atoms with van der Waals surface area (Å²) in [7, 11) is 0. The molecule has 90 valence electrons. The molecule has 0 unspecified atom stereocenters. The van der Waals surface area contributed by atoms with Gasteiger partial charge in [-0.05, 0) is 25.1 Å². The average Bonchev–Trinajstić information content (AvgIpc) is 2.87. The fourth-order valence-electron chi connectivity index (χ4n) is 1.84. The Morgan fingerprint density at radius 3 is 2.67 bits per heavy atom. The summed E-state index contributed by atoms with van der Waals surface area (Å²) in [5, 5.41) is 1.08. The van der Waals surface area contributed by atoms with Crippen molar-refractivity contribution in [1.82, 2.24) is 4.98 Å². The van der Waals surface area contributed by atoms with Crippen molar-refractivity contribution < 1.29 is 0 Å². The molecule has 0 amide bonds. The Morgan fingerprint density at radius 1 is 1.22 bits per heavy atom. The highest BCUT2D eigenvalue weighted by atomic mass is 32.1. The number of aromatic nitrogens is 1. The van der Waals surface area contributed by atoms with Gasteiger partial charge in [0.1, 0.15) is 6.67 Å². The Balaban J connectivity index is 1.79. The van der Waals surface area contributed by atoms with Crippen LogP contribution in [0.25, 0.3) is 0 Å². The number of anilines is 1. The first-order chi connectivity index (χ1) is 8.83. The molecule has 3 nitrogen and oxygen atoms in total. The molecule has 0 saturated carbocycles. The van der Waals surface area contributed by atoms with Crippen molar-refractivity contribution in [3.05, 3.63) is 58.7 Å². The van der Waals surface area contributed by atoms with E-state index in [-0.39, 0.29) is 0 Å². The van der Waals surface area contributed by atoms with Crippen LogP contribution in [-0.4, -0.2) is 17.4 Å². The van der Waals surface area contributed by atoms with Crippen LogP contribution in [0.1, 0.15) is 9.88 Å². The molecule has 0 atom stereocenters. The van der Waals surface area contributed by atoms with E-state index in [1.165, 1.54) is 0 Å². The lowest BCUT2D eigenvalue weighted by Crippen LogP contribution is -2.21. The van der Waals surface area contributed by atoms with E-state index in [9.17, 15) is 0 Å². The number of aliphatic imine (C=N–C) groups is 1. The SMILES string of the molecule is Cc1ncc(C2=NCN(c3ccccc3)C=C2)s1. The lowest BCUT2D eigenvalue weighted by molar-refractivity contribution is 0.964. The van der Waals surface area contributed by atoms with Gasteiger partial charge >= 0.3 is 0 Å². The molecule has 1 aromatic heterocycles. The molecule has 0 radical (unpaired) electrons. The topological polar surface area (TPSA) is 28.5 Å². The first kappa shape index (κ1) is 11.2. The zero-order valence-corrected chi connectivity index (χ0v) is 10.9. The molecule has 1 aromatic carbocycles. The summed E-state index contributed by atoms with van der Waals surface area (Å²) in [6.07, 6.45) is 6.01. The van der Waals surface area contributed by atoms with Crippen LogP contribution in [0.5, 0.6) is 0 Å². The van der Waals surface area contributed by atoms with Crippen molar-refractivity contribution in [3.8, 4) is 0 Å². The maximum atomic E-state index is 4.60. The summed E-state index contributed by atoms with van der Waals surface area (Å²) in [6.45, 7) is 2.67. The molecule has 0 bridgehead atoms. The number of para-hydroxylation sites is 1. The molecular formula is C14H13N3S. The van der Waals surface area contributed by atoms with E-state index in [1.54, 1.807) is 11.3 Å². The molecule has 18 heavy (non-hydrogen) atoms. The third-order valence-electron chi connectivity index (χ3n) is 2.77. The van der Waals surface area contributed by atoms with E-state index in [4.69, 9.17) is 0 Å². The Morgan fingerprint density at radius 2 is 2.06 bits per heavy atom.